The van der Waals surface area contributed by atoms with Crippen LogP contribution in [0.3, 0.4) is 0 Å². The molecule has 0 aliphatic heterocycles. The van der Waals surface area contributed by atoms with Gasteiger partial charge in [-0.1, -0.05) is 12.1 Å². The topological polar surface area (TPSA) is 70.2 Å². The Morgan fingerprint density at radius 1 is 0.952 bits per heavy atom. The SMILES string of the molecule is CNC(=O)Nc1cccc(NC(=O)c2cccc(F)c2)c1. The predicted molar refractivity (Wildman–Crippen MR) is 78.9 cm³/mol. The number of anilines is 2. The molecule has 2 rings (SSSR count). The molecule has 108 valence electrons. The van der Waals surface area contributed by atoms with Crippen LogP contribution in [0.5, 0.6) is 0 Å². The van der Waals surface area contributed by atoms with Gasteiger partial charge in [-0.15, -0.1) is 0 Å². The number of urea groups is 1. The summed E-state index contributed by atoms with van der Waals surface area (Å²) in [5, 5.41) is 7.66. The quantitative estimate of drug-likeness (QED) is 0.812. The van der Waals surface area contributed by atoms with Crippen molar-refractivity contribution in [1.82, 2.24) is 5.32 Å². The zero-order valence-corrected chi connectivity index (χ0v) is 11.3. The molecule has 0 saturated carbocycles. The van der Waals surface area contributed by atoms with E-state index in [2.05, 4.69) is 16.0 Å². The Labute approximate surface area is 121 Å². The number of hydrogen-bond acceptors (Lipinski definition) is 2. The first-order valence-electron chi connectivity index (χ1n) is 6.24. The molecule has 5 nitrogen and oxygen atoms in total. The number of hydrogen-bond donors (Lipinski definition) is 3. The minimum Gasteiger partial charge on any atom is -0.341 e. The van der Waals surface area contributed by atoms with Crippen molar-refractivity contribution in [3.63, 3.8) is 0 Å². The summed E-state index contributed by atoms with van der Waals surface area (Å²) in [6.45, 7) is 0. The average Bonchev–Trinajstić information content (AvgIpc) is 2.47. The summed E-state index contributed by atoms with van der Waals surface area (Å²) in [5.41, 5.74) is 1.25. The van der Waals surface area contributed by atoms with Crippen molar-refractivity contribution in [2.24, 2.45) is 0 Å². The van der Waals surface area contributed by atoms with E-state index in [9.17, 15) is 14.0 Å². The third-order valence-electron chi connectivity index (χ3n) is 2.69. The number of rotatable bonds is 3. The van der Waals surface area contributed by atoms with Gasteiger partial charge in [0.15, 0.2) is 0 Å². The van der Waals surface area contributed by atoms with E-state index < -0.39 is 11.7 Å². The van der Waals surface area contributed by atoms with E-state index in [-0.39, 0.29) is 11.6 Å². The van der Waals surface area contributed by atoms with Crippen LogP contribution in [0.15, 0.2) is 48.5 Å². The maximum Gasteiger partial charge on any atom is 0.318 e. The molecule has 0 unspecified atom stereocenters. The van der Waals surface area contributed by atoms with Gasteiger partial charge in [0.1, 0.15) is 5.82 Å². The maximum absolute atomic E-state index is 13.1. The number of amides is 3. The summed E-state index contributed by atoms with van der Waals surface area (Å²) in [4.78, 5) is 23.2. The molecule has 0 aromatic heterocycles. The lowest BCUT2D eigenvalue weighted by Gasteiger charge is -2.08. The van der Waals surface area contributed by atoms with Gasteiger partial charge in [-0.2, -0.15) is 0 Å². The molecule has 3 N–H and O–H groups in total. The molecule has 0 radical (unpaired) electrons. The van der Waals surface area contributed by atoms with Gasteiger partial charge >= 0.3 is 6.03 Å². The first kappa shape index (κ1) is 14.5. The van der Waals surface area contributed by atoms with Crippen LogP contribution in [0, 0.1) is 5.82 Å². The van der Waals surface area contributed by atoms with Crippen LogP contribution in [0.2, 0.25) is 0 Å². The number of carbonyl (C=O) groups excluding carboxylic acids is 2. The first-order chi connectivity index (χ1) is 10.1. The molecule has 21 heavy (non-hydrogen) atoms. The normalized spacial score (nSPS) is 9.81. The standard InChI is InChI=1S/C15H14FN3O2/c1-17-15(21)19-13-7-3-6-12(9-13)18-14(20)10-4-2-5-11(16)8-10/h2-9H,1H3,(H,18,20)(H2,17,19,21). The molecule has 0 atom stereocenters. The highest BCUT2D eigenvalue weighted by Crippen LogP contribution is 2.16. The second kappa shape index (κ2) is 6.51. The first-order valence-corrected chi connectivity index (χ1v) is 6.24. The van der Waals surface area contributed by atoms with Crippen LogP contribution < -0.4 is 16.0 Å². The van der Waals surface area contributed by atoms with Crippen LogP contribution >= 0.6 is 0 Å². The summed E-state index contributed by atoms with van der Waals surface area (Å²) >= 11 is 0. The fourth-order valence-corrected chi connectivity index (χ4v) is 1.70. The van der Waals surface area contributed by atoms with Crippen molar-refractivity contribution >= 4 is 23.3 Å². The van der Waals surface area contributed by atoms with E-state index in [1.807, 2.05) is 0 Å². The molecule has 2 aromatic carbocycles. The van der Waals surface area contributed by atoms with Gasteiger partial charge in [0.05, 0.1) is 0 Å². The van der Waals surface area contributed by atoms with Crippen LogP contribution in [0.25, 0.3) is 0 Å². The van der Waals surface area contributed by atoms with Crippen molar-refractivity contribution in [2.45, 2.75) is 0 Å². The maximum atomic E-state index is 13.1. The Bertz CT molecular complexity index is 673. The summed E-state index contributed by atoms with van der Waals surface area (Å²) in [6, 6.07) is 11.7. The van der Waals surface area contributed by atoms with Crippen molar-refractivity contribution in [2.75, 3.05) is 17.7 Å². The second-order valence-electron chi connectivity index (χ2n) is 4.25. The van der Waals surface area contributed by atoms with Crippen molar-refractivity contribution < 1.29 is 14.0 Å². The minimum absolute atomic E-state index is 0.222. The predicted octanol–water partition coefficient (Wildman–Crippen LogP) is 2.83. The van der Waals surface area contributed by atoms with Crippen LogP contribution in [0.4, 0.5) is 20.6 Å². The molecule has 0 heterocycles. The third-order valence-corrected chi connectivity index (χ3v) is 2.69. The van der Waals surface area contributed by atoms with Gasteiger partial charge in [0.25, 0.3) is 5.91 Å². The third kappa shape index (κ3) is 4.04. The molecule has 2 aromatic rings. The highest BCUT2D eigenvalue weighted by atomic mass is 19.1. The lowest BCUT2D eigenvalue weighted by Crippen LogP contribution is -2.24. The Morgan fingerprint density at radius 2 is 1.62 bits per heavy atom. The van der Waals surface area contributed by atoms with Crippen molar-refractivity contribution in [3.8, 4) is 0 Å². The van der Waals surface area contributed by atoms with Crippen molar-refractivity contribution in [3.05, 3.63) is 59.9 Å². The van der Waals surface area contributed by atoms with Gasteiger partial charge in [0.2, 0.25) is 0 Å². The Morgan fingerprint density at radius 3 is 2.29 bits per heavy atom. The zero-order valence-electron chi connectivity index (χ0n) is 11.3. The van der Waals surface area contributed by atoms with E-state index in [0.717, 1.165) is 6.07 Å². The molecule has 0 fully saturated rings. The van der Waals surface area contributed by atoms with E-state index in [0.29, 0.717) is 11.4 Å². The summed E-state index contributed by atoms with van der Waals surface area (Å²) in [6.07, 6.45) is 0. The molecule has 0 aliphatic rings. The van der Waals surface area contributed by atoms with Gasteiger partial charge < -0.3 is 16.0 Å². The number of nitrogens with one attached hydrogen (secondary N) is 3. The summed E-state index contributed by atoms with van der Waals surface area (Å²) in [7, 11) is 1.50. The van der Waals surface area contributed by atoms with E-state index in [4.69, 9.17) is 0 Å². The number of benzene rings is 2. The number of carbonyl (C=O) groups is 2. The van der Waals surface area contributed by atoms with E-state index in [1.165, 1.54) is 25.2 Å². The number of halogens is 1. The summed E-state index contributed by atoms with van der Waals surface area (Å²) < 4.78 is 13.1. The molecule has 0 spiro atoms. The second-order valence-corrected chi connectivity index (χ2v) is 4.25. The Balaban J connectivity index is 2.11. The summed E-state index contributed by atoms with van der Waals surface area (Å²) in [5.74, 6) is -0.899. The Hall–Kier alpha value is -2.89. The van der Waals surface area contributed by atoms with Crippen LogP contribution in [-0.2, 0) is 0 Å². The van der Waals surface area contributed by atoms with Gasteiger partial charge in [-0.05, 0) is 36.4 Å². The highest BCUT2D eigenvalue weighted by Gasteiger charge is 2.07. The van der Waals surface area contributed by atoms with Crippen molar-refractivity contribution in [1.29, 1.82) is 0 Å². The molecular formula is C15H14FN3O2. The smallest absolute Gasteiger partial charge is 0.318 e. The minimum atomic E-state index is -0.474. The van der Waals surface area contributed by atoms with Gasteiger partial charge in [-0.25, -0.2) is 9.18 Å². The van der Waals surface area contributed by atoms with Crippen LogP contribution in [0.1, 0.15) is 10.4 Å². The average molecular weight is 287 g/mol. The molecular weight excluding hydrogens is 273 g/mol. The molecule has 0 saturated heterocycles. The molecule has 0 aliphatic carbocycles. The largest absolute Gasteiger partial charge is 0.341 e. The Kier molecular flexibility index (Phi) is 4.50. The highest BCUT2D eigenvalue weighted by molar-refractivity contribution is 6.04. The zero-order chi connectivity index (χ0) is 15.2. The monoisotopic (exact) mass is 287 g/mol. The van der Waals surface area contributed by atoms with E-state index >= 15 is 0 Å². The fourth-order valence-electron chi connectivity index (χ4n) is 1.70. The molecule has 0 bridgehead atoms. The fraction of sp³-hybridized carbons (Fsp3) is 0.0667. The lowest BCUT2D eigenvalue weighted by molar-refractivity contribution is 0.102. The molecule has 3 amide bonds. The van der Waals surface area contributed by atoms with Gasteiger partial charge in [-0.3, -0.25) is 4.79 Å². The van der Waals surface area contributed by atoms with E-state index in [1.54, 1.807) is 24.3 Å². The lowest BCUT2D eigenvalue weighted by atomic mass is 10.2. The molecule has 6 heteroatoms. The van der Waals surface area contributed by atoms with Gasteiger partial charge in [0, 0.05) is 24.0 Å². The van der Waals surface area contributed by atoms with Crippen LogP contribution in [-0.4, -0.2) is 19.0 Å².